The quantitative estimate of drug-likeness (QED) is 0.809. The Morgan fingerprint density at radius 3 is 2.79 bits per heavy atom. The summed E-state index contributed by atoms with van der Waals surface area (Å²) < 4.78 is 7.18. The third-order valence-corrected chi connectivity index (χ3v) is 3.59. The first-order valence-corrected chi connectivity index (χ1v) is 6.12. The molecule has 0 fully saturated rings. The van der Waals surface area contributed by atoms with Gasteiger partial charge in [0, 0.05) is 23.7 Å². The highest BCUT2D eigenvalue weighted by atomic mass is 35.5. The summed E-state index contributed by atoms with van der Waals surface area (Å²) in [4.78, 5) is 12.1. The highest BCUT2D eigenvalue weighted by molar-refractivity contribution is 6.37. The van der Waals surface area contributed by atoms with Gasteiger partial charge in [-0.1, -0.05) is 11.6 Å². The van der Waals surface area contributed by atoms with Gasteiger partial charge in [-0.25, -0.2) is 0 Å². The average Bonchev–Trinajstić information content (AvgIpc) is 2.65. The van der Waals surface area contributed by atoms with E-state index in [2.05, 4.69) is 0 Å². The van der Waals surface area contributed by atoms with Crippen LogP contribution in [0.3, 0.4) is 0 Å². The Balaban J connectivity index is 2.90. The van der Waals surface area contributed by atoms with Gasteiger partial charge < -0.3 is 9.30 Å². The maximum atomic E-state index is 12.1. The topological polar surface area (TPSA) is 55.0 Å². The number of hydrogen-bond acceptors (Lipinski definition) is 3. The Morgan fingerprint density at radius 2 is 2.21 bits per heavy atom. The van der Waals surface area contributed by atoms with Gasteiger partial charge in [0.15, 0.2) is 5.78 Å². The van der Waals surface area contributed by atoms with E-state index in [4.69, 9.17) is 21.6 Å². The molecule has 19 heavy (non-hydrogen) atoms. The summed E-state index contributed by atoms with van der Waals surface area (Å²) in [5.41, 5.74) is 2.05. The Morgan fingerprint density at radius 1 is 1.53 bits per heavy atom. The fourth-order valence-electron chi connectivity index (χ4n) is 2.30. The number of rotatable bonds is 3. The van der Waals surface area contributed by atoms with Crippen molar-refractivity contribution in [3.8, 4) is 11.8 Å². The van der Waals surface area contributed by atoms with Crippen LogP contribution in [-0.4, -0.2) is 17.5 Å². The number of aryl methyl sites for hydroxylation is 1. The van der Waals surface area contributed by atoms with Crippen molar-refractivity contribution in [2.75, 3.05) is 7.11 Å². The molecular weight excluding hydrogens is 264 g/mol. The molecule has 0 saturated heterocycles. The molecular formula is C14H13ClN2O2. The van der Waals surface area contributed by atoms with Crippen LogP contribution < -0.4 is 4.74 Å². The number of benzene rings is 1. The molecule has 98 valence electrons. The molecule has 0 aliphatic heterocycles. The van der Waals surface area contributed by atoms with Crippen LogP contribution in [0.2, 0.25) is 5.02 Å². The van der Waals surface area contributed by atoms with Crippen LogP contribution in [0.5, 0.6) is 5.75 Å². The van der Waals surface area contributed by atoms with Gasteiger partial charge in [0.25, 0.3) is 0 Å². The maximum absolute atomic E-state index is 12.1. The molecule has 0 atom stereocenters. The third kappa shape index (κ3) is 1.96. The molecule has 5 heteroatoms. The number of methoxy groups -OCH3 is 1. The van der Waals surface area contributed by atoms with Gasteiger partial charge in [-0.15, -0.1) is 0 Å². The minimum atomic E-state index is -0.222. The number of ketones is 1. The molecule has 0 spiro atoms. The van der Waals surface area contributed by atoms with E-state index in [1.807, 2.05) is 24.6 Å². The van der Waals surface area contributed by atoms with Crippen LogP contribution in [0.1, 0.15) is 22.5 Å². The Bertz CT molecular complexity index is 711. The molecule has 1 heterocycles. The minimum absolute atomic E-state index is 0.159. The van der Waals surface area contributed by atoms with Crippen molar-refractivity contribution in [3.63, 3.8) is 0 Å². The zero-order valence-corrected chi connectivity index (χ0v) is 11.7. The van der Waals surface area contributed by atoms with Crippen molar-refractivity contribution in [1.29, 1.82) is 5.26 Å². The van der Waals surface area contributed by atoms with Gasteiger partial charge in [0.1, 0.15) is 5.75 Å². The van der Waals surface area contributed by atoms with E-state index in [-0.39, 0.29) is 12.2 Å². The molecule has 0 aliphatic rings. The predicted octanol–water partition coefficient (Wildman–Crippen LogP) is 3.25. The van der Waals surface area contributed by atoms with Gasteiger partial charge in [-0.3, -0.25) is 4.79 Å². The lowest BCUT2D eigenvalue weighted by atomic mass is 10.0. The molecule has 0 unspecified atom stereocenters. The first-order chi connectivity index (χ1) is 9.02. The summed E-state index contributed by atoms with van der Waals surface area (Å²) in [6.45, 7) is 1.83. The Labute approximate surface area is 116 Å². The van der Waals surface area contributed by atoms with Crippen LogP contribution in [-0.2, 0) is 7.05 Å². The highest BCUT2D eigenvalue weighted by Gasteiger charge is 2.22. The number of nitrogens with zero attached hydrogens (tertiary/aromatic N) is 2. The first kappa shape index (κ1) is 13.4. The van der Waals surface area contributed by atoms with E-state index < -0.39 is 0 Å². The van der Waals surface area contributed by atoms with Crippen LogP contribution in [0, 0.1) is 18.3 Å². The fraction of sp³-hybridized carbons (Fsp3) is 0.286. The zero-order valence-electron chi connectivity index (χ0n) is 11.0. The molecule has 0 saturated carbocycles. The van der Waals surface area contributed by atoms with E-state index >= 15 is 0 Å². The minimum Gasteiger partial charge on any atom is -0.495 e. The van der Waals surface area contributed by atoms with Crippen LogP contribution in [0.15, 0.2) is 12.1 Å². The second-order valence-electron chi connectivity index (χ2n) is 4.25. The molecule has 0 radical (unpaired) electrons. The van der Waals surface area contributed by atoms with E-state index in [1.54, 1.807) is 19.2 Å². The normalized spacial score (nSPS) is 10.5. The van der Waals surface area contributed by atoms with Gasteiger partial charge in [-0.2, -0.15) is 5.26 Å². The van der Waals surface area contributed by atoms with Crippen LogP contribution >= 0.6 is 11.6 Å². The number of nitriles is 1. The molecule has 1 aromatic heterocycles. The Hall–Kier alpha value is -1.99. The number of fused-ring (bicyclic) bond motifs is 1. The highest BCUT2D eigenvalue weighted by Crippen LogP contribution is 2.37. The van der Waals surface area contributed by atoms with Crippen molar-refractivity contribution in [3.05, 3.63) is 28.4 Å². The fourth-order valence-corrected chi connectivity index (χ4v) is 2.55. The van der Waals surface area contributed by atoms with Gasteiger partial charge in [0.2, 0.25) is 0 Å². The number of carbonyl (C=O) groups is 1. The molecule has 1 aromatic carbocycles. The van der Waals surface area contributed by atoms with Crippen molar-refractivity contribution < 1.29 is 9.53 Å². The lowest BCUT2D eigenvalue weighted by molar-refractivity contribution is 0.0998. The molecule has 2 aromatic rings. The summed E-state index contributed by atoms with van der Waals surface area (Å²) in [6.07, 6.45) is -0.159. The average molecular weight is 277 g/mol. The third-order valence-electron chi connectivity index (χ3n) is 3.28. The van der Waals surface area contributed by atoms with E-state index in [9.17, 15) is 4.79 Å². The van der Waals surface area contributed by atoms with Crippen molar-refractivity contribution in [2.45, 2.75) is 13.3 Å². The number of halogens is 1. The van der Waals surface area contributed by atoms with E-state index in [0.29, 0.717) is 21.7 Å². The van der Waals surface area contributed by atoms with Crippen molar-refractivity contribution >= 4 is 28.3 Å². The van der Waals surface area contributed by atoms with Gasteiger partial charge >= 0.3 is 0 Å². The summed E-state index contributed by atoms with van der Waals surface area (Å²) >= 11 is 6.22. The standard InChI is InChI=1S/C14H13ClN2O2/c1-8-12(10(18)6-7-16)13-9(15)4-5-11(19-3)14(13)17(8)2/h4-5H,6H2,1-3H3. The number of Topliss-reactive ketones (excluding diaryl/α,β-unsaturated/α-hetero) is 1. The number of hydrogen-bond donors (Lipinski definition) is 0. The largest absolute Gasteiger partial charge is 0.495 e. The number of ether oxygens (including phenoxy) is 1. The Kier molecular flexibility index (Phi) is 3.50. The van der Waals surface area contributed by atoms with E-state index in [0.717, 1.165) is 11.2 Å². The second-order valence-corrected chi connectivity index (χ2v) is 4.66. The van der Waals surface area contributed by atoms with Crippen molar-refractivity contribution in [1.82, 2.24) is 4.57 Å². The molecule has 2 rings (SSSR count). The van der Waals surface area contributed by atoms with Crippen LogP contribution in [0.4, 0.5) is 0 Å². The summed E-state index contributed by atoms with van der Waals surface area (Å²) in [7, 11) is 3.42. The lowest BCUT2D eigenvalue weighted by Gasteiger charge is -2.06. The lowest BCUT2D eigenvalue weighted by Crippen LogP contribution is -2.00. The smallest absolute Gasteiger partial charge is 0.179 e. The number of carbonyl (C=O) groups excluding carboxylic acids is 1. The second kappa shape index (κ2) is 4.94. The zero-order chi connectivity index (χ0) is 14.2. The van der Waals surface area contributed by atoms with Gasteiger partial charge in [0.05, 0.1) is 30.1 Å². The monoisotopic (exact) mass is 276 g/mol. The first-order valence-electron chi connectivity index (χ1n) is 5.74. The van der Waals surface area contributed by atoms with Gasteiger partial charge in [-0.05, 0) is 19.1 Å². The molecule has 4 nitrogen and oxygen atoms in total. The molecule has 0 N–H and O–H groups in total. The predicted molar refractivity (Wildman–Crippen MR) is 73.8 cm³/mol. The maximum Gasteiger partial charge on any atom is 0.179 e. The molecule has 0 bridgehead atoms. The molecule has 0 amide bonds. The number of aromatic nitrogens is 1. The summed E-state index contributed by atoms with van der Waals surface area (Å²) in [5, 5.41) is 9.84. The van der Waals surface area contributed by atoms with Crippen molar-refractivity contribution in [2.24, 2.45) is 7.05 Å². The summed E-state index contributed by atoms with van der Waals surface area (Å²) in [5.74, 6) is 0.432. The van der Waals surface area contributed by atoms with Crippen LogP contribution in [0.25, 0.3) is 10.9 Å². The van der Waals surface area contributed by atoms with E-state index in [1.165, 1.54) is 0 Å². The summed E-state index contributed by atoms with van der Waals surface area (Å²) in [6, 6.07) is 5.35. The molecule has 0 aliphatic carbocycles. The SMILES string of the molecule is COc1ccc(Cl)c2c(C(=O)CC#N)c(C)n(C)c12.